The molecule has 2 unspecified atom stereocenters. The van der Waals surface area contributed by atoms with Crippen molar-refractivity contribution in [2.45, 2.75) is 32.9 Å². The molecule has 2 nitrogen and oxygen atoms in total. The molecule has 0 aromatic carbocycles. The highest BCUT2D eigenvalue weighted by Crippen LogP contribution is 2.04. The fourth-order valence-corrected chi connectivity index (χ4v) is 1.54. The molecule has 0 radical (unpaired) electrons. The second kappa shape index (κ2) is 3.35. The molecule has 0 aromatic rings. The summed E-state index contributed by atoms with van der Waals surface area (Å²) in [5.74, 6) is 0. The summed E-state index contributed by atoms with van der Waals surface area (Å²) in [6.07, 6.45) is 0. The smallest absolute Gasteiger partial charge is 0.0193 e. The highest BCUT2D eigenvalue weighted by molar-refractivity contribution is 4.79. The van der Waals surface area contributed by atoms with Crippen molar-refractivity contribution in [2.75, 3.05) is 19.6 Å². The van der Waals surface area contributed by atoms with Gasteiger partial charge < -0.3 is 5.32 Å². The normalized spacial score (nSPS) is 36.3. The molecule has 1 saturated heterocycles. The number of hydrogen-bond donors (Lipinski definition) is 1. The molecule has 0 aromatic heterocycles. The van der Waals surface area contributed by atoms with Gasteiger partial charge in [-0.2, -0.15) is 0 Å². The van der Waals surface area contributed by atoms with Crippen LogP contribution in [0.3, 0.4) is 0 Å². The molecule has 0 saturated carbocycles. The Labute approximate surface area is 63.6 Å². The number of nitrogens with zero attached hydrogens (tertiary/aromatic N) is 1. The lowest BCUT2D eigenvalue weighted by Gasteiger charge is -2.36. The van der Waals surface area contributed by atoms with E-state index in [1.165, 1.54) is 13.1 Å². The Hall–Kier alpha value is -0.0800. The molecule has 2 heteroatoms. The number of likely N-dealkylation sites (N-methyl/N-ethyl adjacent to an activating group) is 1. The molecule has 2 atom stereocenters. The zero-order valence-corrected chi connectivity index (χ0v) is 7.22. The summed E-state index contributed by atoms with van der Waals surface area (Å²) in [7, 11) is 0. The summed E-state index contributed by atoms with van der Waals surface area (Å²) >= 11 is 0. The van der Waals surface area contributed by atoms with Gasteiger partial charge in [-0.05, 0) is 20.4 Å². The van der Waals surface area contributed by atoms with E-state index >= 15 is 0 Å². The summed E-state index contributed by atoms with van der Waals surface area (Å²) in [6, 6.07) is 1.40. The molecule has 0 amide bonds. The summed E-state index contributed by atoms with van der Waals surface area (Å²) < 4.78 is 0. The molecule has 1 rings (SSSR count). The Balaban J connectivity index is 2.38. The molecule has 0 aliphatic carbocycles. The van der Waals surface area contributed by atoms with Crippen molar-refractivity contribution in [2.24, 2.45) is 0 Å². The first-order valence-electron chi connectivity index (χ1n) is 4.21. The highest BCUT2D eigenvalue weighted by Gasteiger charge is 2.19. The molecule has 60 valence electrons. The molecule has 0 bridgehead atoms. The quantitative estimate of drug-likeness (QED) is 0.579. The van der Waals surface area contributed by atoms with Crippen LogP contribution in [0.25, 0.3) is 0 Å². The zero-order chi connectivity index (χ0) is 7.56. The predicted molar refractivity (Wildman–Crippen MR) is 44.2 cm³/mol. The summed E-state index contributed by atoms with van der Waals surface area (Å²) in [5, 5.41) is 3.45. The van der Waals surface area contributed by atoms with E-state index in [2.05, 4.69) is 31.0 Å². The SMILES string of the molecule is CCN1CC(C)NCC1C. The van der Waals surface area contributed by atoms with Gasteiger partial charge in [-0.25, -0.2) is 0 Å². The van der Waals surface area contributed by atoms with Crippen molar-refractivity contribution in [3.8, 4) is 0 Å². The maximum atomic E-state index is 3.45. The third-order valence-electron chi connectivity index (χ3n) is 2.30. The van der Waals surface area contributed by atoms with E-state index in [0.717, 1.165) is 12.6 Å². The Bertz CT molecular complexity index is 103. The molecule has 1 fully saturated rings. The van der Waals surface area contributed by atoms with Gasteiger partial charge >= 0.3 is 0 Å². The number of piperazine rings is 1. The van der Waals surface area contributed by atoms with Crippen molar-refractivity contribution < 1.29 is 0 Å². The average Bonchev–Trinajstić information content (AvgIpc) is 1.94. The topological polar surface area (TPSA) is 15.3 Å². The Morgan fingerprint density at radius 1 is 1.50 bits per heavy atom. The van der Waals surface area contributed by atoms with Crippen molar-refractivity contribution in [3.05, 3.63) is 0 Å². The van der Waals surface area contributed by atoms with Gasteiger partial charge in [0, 0.05) is 25.2 Å². The van der Waals surface area contributed by atoms with Crippen LogP contribution in [0.4, 0.5) is 0 Å². The second-order valence-corrected chi connectivity index (χ2v) is 3.25. The lowest BCUT2D eigenvalue weighted by Crippen LogP contribution is -2.53. The van der Waals surface area contributed by atoms with Crippen LogP contribution in [0.5, 0.6) is 0 Å². The van der Waals surface area contributed by atoms with Gasteiger partial charge in [0.2, 0.25) is 0 Å². The monoisotopic (exact) mass is 142 g/mol. The van der Waals surface area contributed by atoms with E-state index in [4.69, 9.17) is 0 Å². The first-order chi connectivity index (χ1) is 4.74. The largest absolute Gasteiger partial charge is 0.311 e. The van der Waals surface area contributed by atoms with Crippen LogP contribution < -0.4 is 5.32 Å². The third-order valence-corrected chi connectivity index (χ3v) is 2.30. The molecule has 1 heterocycles. The third kappa shape index (κ3) is 1.70. The average molecular weight is 142 g/mol. The van der Waals surface area contributed by atoms with E-state index in [1.54, 1.807) is 0 Å². The van der Waals surface area contributed by atoms with E-state index in [1.807, 2.05) is 0 Å². The van der Waals surface area contributed by atoms with Gasteiger partial charge in [0.1, 0.15) is 0 Å². The number of nitrogens with one attached hydrogen (secondary N) is 1. The van der Waals surface area contributed by atoms with Crippen LogP contribution in [0.15, 0.2) is 0 Å². The summed E-state index contributed by atoms with van der Waals surface area (Å²) in [4.78, 5) is 2.52. The highest BCUT2D eigenvalue weighted by atomic mass is 15.2. The van der Waals surface area contributed by atoms with Crippen molar-refractivity contribution >= 4 is 0 Å². The zero-order valence-electron chi connectivity index (χ0n) is 7.22. The van der Waals surface area contributed by atoms with E-state index in [0.29, 0.717) is 6.04 Å². The standard InChI is InChI=1S/C8H18N2/c1-4-10-6-7(2)9-5-8(10)3/h7-9H,4-6H2,1-3H3. The van der Waals surface area contributed by atoms with Gasteiger partial charge in [-0.15, -0.1) is 0 Å². The molecule has 1 aliphatic rings. The Morgan fingerprint density at radius 2 is 2.20 bits per heavy atom. The fraction of sp³-hybridized carbons (Fsp3) is 1.00. The van der Waals surface area contributed by atoms with Gasteiger partial charge in [0.25, 0.3) is 0 Å². The van der Waals surface area contributed by atoms with Gasteiger partial charge in [0.05, 0.1) is 0 Å². The summed E-state index contributed by atoms with van der Waals surface area (Å²) in [5.41, 5.74) is 0. The van der Waals surface area contributed by atoms with Crippen LogP contribution >= 0.6 is 0 Å². The minimum atomic E-state index is 0.677. The maximum absolute atomic E-state index is 3.45. The van der Waals surface area contributed by atoms with E-state index in [9.17, 15) is 0 Å². The second-order valence-electron chi connectivity index (χ2n) is 3.25. The number of rotatable bonds is 1. The molecule has 0 spiro atoms. The predicted octanol–water partition coefficient (Wildman–Crippen LogP) is 0.689. The molecular formula is C8H18N2. The minimum absolute atomic E-state index is 0.677. The van der Waals surface area contributed by atoms with Crippen LogP contribution in [-0.4, -0.2) is 36.6 Å². The van der Waals surface area contributed by atoms with Crippen molar-refractivity contribution in [3.63, 3.8) is 0 Å². The Morgan fingerprint density at radius 3 is 2.70 bits per heavy atom. The van der Waals surface area contributed by atoms with Crippen LogP contribution in [0, 0.1) is 0 Å². The molecule has 1 aliphatic heterocycles. The molecule has 10 heavy (non-hydrogen) atoms. The van der Waals surface area contributed by atoms with E-state index < -0.39 is 0 Å². The first-order valence-corrected chi connectivity index (χ1v) is 4.21. The van der Waals surface area contributed by atoms with E-state index in [-0.39, 0.29) is 0 Å². The van der Waals surface area contributed by atoms with Crippen molar-refractivity contribution in [1.29, 1.82) is 0 Å². The number of hydrogen-bond acceptors (Lipinski definition) is 2. The maximum Gasteiger partial charge on any atom is 0.0193 e. The minimum Gasteiger partial charge on any atom is -0.311 e. The lowest BCUT2D eigenvalue weighted by molar-refractivity contribution is 0.154. The van der Waals surface area contributed by atoms with Gasteiger partial charge in [-0.3, -0.25) is 4.90 Å². The summed E-state index contributed by atoms with van der Waals surface area (Å²) in [6.45, 7) is 10.3. The van der Waals surface area contributed by atoms with Crippen molar-refractivity contribution in [1.82, 2.24) is 10.2 Å². The first kappa shape index (κ1) is 8.02. The lowest BCUT2D eigenvalue weighted by atomic mass is 10.1. The molecule has 1 N–H and O–H groups in total. The molecular weight excluding hydrogens is 124 g/mol. The fourth-order valence-electron chi connectivity index (χ4n) is 1.54. The van der Waals surface area contributed by atoms with Crippen LogP contribution in [0.2, 0.25) is 0 Å². The Kier molecular flexibility index (Phi) is 2.69. The van der Waals surface area contributed by atoms with Gasteiger partial charge in [-0.1, -0.05) is 6.92 Å². The van der Waals surface area contributed by atoms with Crippen LogP contribution in [-0.2, 0) is 0 Å². The van der Waals surface area contributed by atoms with Crippen LogP contribution in [0.1, 0.15) is 20.8 Å². The van der Waals surface area contributed by atoms with Gasteiger partial charge in [0.15, 0.2) is 0 Å².